The third-order valence-electron chi connectivity index (χ3n) is 5.70. The van der Waals surface area contributed by atoms with Gasteiger partial charge in [-0.1, -0.05) is 41.9 Å². The van der Waals surface area contributed by atoms with E-state index in [4.69, 9.17) is 27.2 Å². The molecule has 3 aromatic carbocycles. The quantitative estimate of drug-likeness (QED) is 0.170. The second kappa shape index (κ2) is 14.6. The topological polar surface area (TPSA) is 178 Å². The molecular weight excluding hydrogens is 603 g/mol. The summed E-state index contributed by atoms with van der Waals surface area (Å²) in [4.78, 5) is 38.4. The van der Waals surface area contributed by atoms with Gasteiger partial charge in [-0.25, -0.2) is 9.78 Å². The summed E-state index contributed by atoms with van der Waals surface area (Å²) in [6, 6.07) is 23.7. The van der Waals surface area contributed by atoms with E-state index in [1.54, 1.807) is 66.7 Å². The molecule has 226 valence electrons. The van der Waals surface area contributed by atoms with Crippen LogP contribution in [0.5, 0.6) is 5.75 Å². The molecule has 0 radical (unpaired) electrons. The number of benzene rings is 3. The summed E-state index contributed by atoms with van der Waals surface area (Å²) in [5.41, 5.74) is 8.10. The predicted molar refractivity (Wildman–Crippen MR) is 157 cm³/mol. The lowest BCUT2D eigenvalue weighted by Crippen LogP contribution is -2.21. The first-order valence-electron chi connectivity index (χ1n) is 12.5. The first-order chi connectivity index (χ1) is 20.8. The van der Waals surface area contributed by atoms with Crippen LogP contribution in [0.2, 0.25) is 5.02 Å². The van der Waals surface area contributed by atoms with Crippen molar-refractivity contribution in [1.82, 2.24) is 4.98 Å². The van der Waals surface area contributed by atoms with Crippen LogP contribution in [-0.4, -0.2) is 45.7 Å². The number of alkyl halides is 3. The number of nitrogens with zero attached hydrogens (tertiary/aromatic N) is 2. The van der Waals surface area contributed by atoms with E-state index in [-0.39, 0.29) is 41.7 Å². The highest BCUT2D eigenvalue weighted by molar-refractivity contribution is 6.31. The number of anilines is 2. The molecule has 10 nitrogen and oxygen atoms in total. The number of phenolic OH excluding ortho intramolecular Hbond substituents is 1. The molecule has 0 saturated carbocycles. The molecule has 1 aromatic heterocycles. The molecule has 14 heteroatoms. The fourth-order valence-corrected chi connectivity index (χ4v) is 3.89. The molecule has 0 spiro atoms. The molecule has 4 rings (SSSR count). The largest absolute Gasteiger partial charge is 0.507 e. The normalized spacial score (nSPS) is 10.5. The number of carboxylic acid groups (broad SMARTS) is 1. The monoisotopic (exact) mass is 625 g/mol. The van der Waals surface area contributed by atoms with Crippen LogP contribution >= 0.6 is 11.6 Å². The molecule has 0 aliphatic carbocycles. The molecule has 2 amide bonds. The van der Waals surface area contributed by atoms with Gasteiger partial charge in [0.1, 0.15) is 17.4 Å². The van der Waals surface area contributed by atoms with Gasteiger partial charge in [0.15, 0.2) is 5.82 Å². The number of phenols is 1. The standard InChI is InChI=1S/C28H22ClN5O3.C2HF3O2/c29-19-9-10-25(35)22(14-19)24-15-21(18-7-4-8-20(13-18)32-26(36)11-12-30)23(16-31)27(33-24)34-28(37)17-5-2-1-3-6-17;3-2(4,5)1(6)7/h1-10,13-15,35H,11-12,30H2,(H,32,36)(H,33,34,37);(H,6,7). The zero-order valence-electron chi connectivity index (χ0n) is 22.5. The van der Waals surface area contributed by atoms with Gasteiger partial charge in [0, 0.05) is 40.4 Å². The van der Waals surface area contributed by atoms with Crippen molar-refractivity contribution in [2.75, 3.05) is 17.2 Å². The Hall–Kier alpha value is -5.45. The average Bonchev–Trinajstić information content (AvgIpc) is 2.98. The minimum absolute atomic E-state index is 0.0146. The number of nitriles is 1. The Labute approximate surface area is 253 Å². The van der Waals surface area contributed by atoms with Crippen LogP contribution < -0.4 is 16.4 Å². The fraction of sp³-hybridized carbons (Fsp3) is 0.100. The van der Waals surface area contributed by atoms with Gasteiger partial charge in [-0.05, 0) is 54.1 Å². The fourth-order valence-electron chi connectivity index (χ4n) is 3.72. The van der Waals surface area contributed by atoms with E-state index in [1.165, 1.54) is 12.1 Å². The maximum absolute atomic E-state index is 12.9. The van der Waals surface area contributed by atoms with Gasteiger partial charge >= 0.3 is 12.1 Å². The van der Waals surface area contributed by atoms with Crippen LogP contribution in [0.25, 0.3) is 22.4 Å². The Morgan fingerprint density at radius 3 is 2.25 bits per heavy atom. The van der Waals surface area contributed by atoms with E-state index in [9.17, 15) is 33.1 Å². The number of aliphatic carboxylic acids is 1. The van der Waals surface area contributed by atoms with Crippen molar-refractivity contribution in [1.29, 1.82) is 5.26 Å². The number of nitrogens with two attached hydrogens (primary N) is 1. The minimum Gasteiger partial charge on any atom is -0.507 e. The maximum Gasteiger partial charge on any atom is 0.490 e. The molecule has 44 heavy (non-hydrogen) atoms. The number of aromatic hydroxyl groups is 1. The van der Waals surface area contributed by atoms with Gasteiger partial charge in [0.2, 0.25) is 5.91 Å². The second-order valence-corrected chi connectivity index (χ2v) is 9.28. The van der Waals surface area contributed by atoms with Crippen LogP contribution in [0.3, 0.4) is 0 Å². The Morgan fingerprint density at radius 1 is 0.955 bits per heavy atom. The van der Waals surface area contributed by atoms with Crippen molar-refractivity contribution in [3.05, 3.63) is 95.0 Å². The molecule has 6 N–H and O–H groups in total. The third-order valence-corrected chi connectivity index (χ3v) is 5.94. The number of pyridine rings is 1. The predicted octanol–water partition coefficient (Wildman–Crippen LogP) is 5.82. The molecule has 1 heterocycles. The van der Waals surface area contributed by atoms with Crippen LogP contribution in [0.4, 0.5) is 24.7 Å². The van der Waals surface area contributed by atoms with Crippen molar-refractivity contribution in [3.63, 3.8) is 0 Å². The highest BCUT2D eigenvalue weighted by atomic mass is 35.5. The van der Waals surface area contributed by atoms with E-state index in [2.05, 4.69) is 21.7 Å². The van der Waals surface area contributed by atoms with Gasteiger partial charge in [-0.15, -0.1) is 0 Å². The molecule has 0 atom stereocenters. The van der Waals surface area contributed by atoms with Gasteiger partial charge < -0.3 is 26.6 Å². The van der Waals surface area contributed by atoms with Gasteiger partial charge in [-0.3, -0.25) is 9.59 Å². The Morgan fingerprint density at radius 2 is 1.64 bits per heavy atom. The second-order valence-electron chi connectivity index (χ2n) is 8.84. The minimum atomic E-state index is -5.08. The van der Waals surface area contributed by atoms with E-state index in [1.807, 2.05) is 0 Å². The summed E-state index contributed by atoms with van der Waals surface area (Å²) in [7, 11) is 0. The molecule has 0 saturated heterocycles. The number of aromatic nitrogens is 1. The Bertz CT molecular complexity index is 1730. The highest BCUT2D eigenvalue weighted by Gasteiger charge is 2.38. The van der Waals surface area contributed by atoms with Gasteiger partial charge in [0.25, 0.3) is 5.91 Å². The molecule has 0 bridgehead atoms. The van der Waals surface area contributed by atoms with E-state index < -0.39 is 18.1 Å². The van der Waals surface area contributed by atoms with E-state index in [0.717, 1.165) is 0 Å². The number of hydrogen-bond acceptors (Lipinski definition) is 7. The number of amides is 2. The molecule has 4 aromatic rings. The van der Waals surface area contributed by atoms with Crippen molar-refractivity contribution >= 4 is 40.9 Å². The summed E-state index contributed by atoms with van der Waals surface area (Å²) >= 11 is 6.17. The number of carboxylic acids is 1. The smallest absolute Gasteiger partial charge is 0.490 e. The van der Waals surface area contributed by atoms with Gasteiger partial charge in [-0.2, -0.15) is 18.4 Å². The van der Waals surface area contributed by atoms with E-state index >= 15 is 0 Å². The average molecular weight is 626 g/mol. The van der Waals surface area contributed by atoms with Crippen molar-refractivity contribution < 1.29 is 37.8 Å². The number of carbonyl (C=O) groups excluding carboxylic acids is 2. The Balaban J connectivity index is 0.000000676. The Kier molecular flexibility index (Phi) is 11.0. The van der Waals surface area contributed by atoms with Gasteiger partial charge in [0.05, 0.1) is 5.69 Å². The lowest BCUT2D eigenvalue weighted by atomic mass is 9.97. The van der Waals surface area contributed by atoms with Crippen LogP contribution in [0.15, 0.2) is 78.9 Å². The molecular formula is C30H23ClF3N5O5. The van der Waals surface area contributed by atoms with Crippen molar-refractivity contribution in [2.24, 2.45) is 5.73 Å². The van der Waals surface area contributed by atoms with Crippen LogP contribution in [-0.2, 0) is 9.59 Å². The molecule has 0 unspecified atom stereocenters. The number of carbonyl (C=O) groups is 3. The summed E-state index contributed by atoms with van der Waals surface area (Å²) in [6.07, 6.45) is -4.92. The lowest BCUT2D eigenvalue weighted by molar-refractivity contribution is -0.192. The van der Waals surface area contributed by atoms with E-state index in [0.29, 0.717) is 33.0 Å². The molecule has 0 aliphatic rings. The highest BCUT2D eigenvalue weighted by Crippen LogP contribution is 2.37. The van der Waals surface area contributed by atoms with Crippen molar-refractivity contribution in [2.45, 2.75) is 12.6 Å². The summed E-state index contributed by atoms with van der Waals surface area (Å²) in [5.74, 6) is -3.51. The zero-order chi connectivity index (χ0) is 32.4. The maximum atomic E-state index is 12.9. The summed E-state index contributed by atoms with van der Waals surface area (Å²) in [5, 5.41) is 33.6. The SMILES string of the molecule is N#Cc1c(-c2cccc(NC(=O)CCN)c2)cc(-c2cc(Cl)ccc2O)nc1NC(=O)c1ccccc1.O=C(O)C(F)(F)F. The number of nitrogens with one attached hydrogen (secondary N) is 2. The summed E-state index contributed by atoms with van der Waals surface area (Å²) in [6.45, 7) is 0.214. The first kappa shape index (κ1) is 33.1. The lowest BCUT2D eigenvalue weighted by Gasteiger charge is -2.15. The van der Waals surface area contributed by atoms with Crippen LogP contribution in [0, 0.1) is 11.3 Å². The summed E-state index contributed by atoms with van der Waals surface area (Å²) < 4.78 is 31.7. The molecule has 0 aliphatic heterocycles. The first-order valence-corrected chi connectivity index (χ1v) is 12.9. The van der Waals surface area contributed by atoms with Crippen LogP contribution in [0.1, 0.15) is 22.3 Å². The zero-order valence-corrected chi connectivity index (χ0v) is 23.3. The molecule has 0 fully saturated rings. The third kappa shape index (κ3) is 8.78. The number of halogens is 4. The number of hydrogen-bond donors (Lipinski definition) is 5. The van der Waals surface area contributed by atoms with Crippen molar-refractivity contribution in [3.8, 4) is 34.2 Å². The number of rotatable bonds is 7.